The van der Waals surface area contributed by atoms with E-state index in [0.29, 0.717) is 13.1 Å². The summed E-state index contributed by atoms with van der Waals surface area (Å²) >= 11 is 0. The van der Waals surface area contributed by atoms with E-state index in [-0.39, 0.29) is 24.7 Å². The first-order valence-electron chi connectivity index (χ1n) is 5.03. The minimum Gasteiger partial charge on any atom is -0.469 e. The summed E-state index contributed by atoms with van der Waals surface area (Å²) in [5, 5.41) is 6.68. The summed E-state index contributed by atoms with van der Waals surface area (Å²) in [7, 11) is 1.30. The number of nitrogens with zero attached hydrogens (tertiary/aromatic N) is 2. The molecule has 0 atom stereocenters. The molecule has 0 spiro atoms. The maximum Gasteiger partial charge on any atom is 0.306 e. The molecule has 0 saturated heterocycles. The van der Waals surface area contributed by atoms with Crippen molar-refractivity contribution in [1.82, 2.24) is 15.1 Å². The van der Waals surface area contributed by atoms with Crippen LogP contribution < -0.4 is 5.32 Å². The van der Waals surface area contributed by atoms with E-state index >= 15 is 0 Å². The van der Waals surface area contributed by atoms with Crippen molar-refractivity contribution in [3.8, 4) is 0 Å². The van der Waals surface area contributed by atoms with Gasteiger partial charge in [-0.05, 0) is 6.07 Å². The van der Waals surface area contributed by atoms with E-state index < -0.39 is 0 Å². The Morgan fingerprint density at radius 3 is 2.88 bits per heavy atom. The molecule has 0 aliphatic rings. The van der Waals surface area contributed by atoms with Crippen LogP contribution in [0.5, 0.6) is 0 Å². The SMILES string of the molecule is COC(=O)CCC(=O)NCCn1cccn1. The van der Waals surface area contributed by atoms with E-state index in [9.17, 15) is 9.59 Å². The standard InChI is InChI=1S/C10H15N3O3/c1-16-10(15)4-3-9(14)11-6-8-13-7-2-5-12-13/h2,5,7H,3-4,6,8H2,1H3,(H,11,14). The highest BCUT2D eigenvalue weighted by Gasteiger charge is 2.05. The van der Waals surface area contributed by atoms with Crippen LogP contribution in [0.4, 0.5) is 0 Å². The van der Waals surface area contributed by atoms with Crippen molar-refractivity contribution in [3.63, 3.8) is 0 Å². The fraction of sp³-hybridized carbons (Fsp3) is 0.500. The molecule has 0 bridgehead atoms. The fourth-order valence-corrected chi connectivity index (χ4v) is 1.15. The van der Waals surface area contributed by atoms with Gasteiger partial charge in [0.1, 0.15) is 0 Å². The zero-order valence-corrected chi connectivity index (χ0v) is 9.18. The molecule has 1 rings (SSSR count). The van der Waals surface area contributed by atoms with Gasteiger partial charge in [0.25, 0.3) is 0 Å². The van der Waals surface area contributed by atoms with E-state index in [1.165, 1.54) is 7.11 Å². The second-order valence-corrected chi connectivity index (χ2v) is 3.20. The Morgan fingerprint density at radius 1 is 1.44 bits per heavy atom. The Kier molecular flexibility index (Phi) is 5.04. The lowest BCUT2D eigenvalue weighted by Gasteiger charge is -2.04. The normalized spacial score (nSPS) is 9.81. The van der Waals surface area contributed by atoms with Gasteiger partial charge in [-0.1, -0.05) is 0 Å². The maximum atomic E-state index is 11.2. The summed E-state index contributed by atoms with van der Waals surface area (Å²) in [5.74, 6) is -0.528. The maximum absolute atomic E-state index is 11.2. The molecular weight excluding hydrogens is 210 g/mol. The lowest BCUT2D eigenvalue weighted by atomic mass is 10.3. The Labute approximate surface area is 93.6 Å². The average Bonchev–Trinajstić information content (AvgIpc) is 2.79. The molecule has 0 aliphatic heterocycles. The molecule has 0 radical (unpaired) electrons. The first-order chi connectivity index (χ1) is 7.72. The number of carbonyl (C=O) groups excluding carboxylic acids is 2. The molecule has 1 aromatic rings. The molecule has 0 aromatic carbocycles. The van der Waals surface area contributed by atoms with Crippen molar-refractivity contribution in [2.75, 3.05) is 13.7 Å². The van der Waals surface area contributed by atoms with Crippen molar-refractivity contribution in [1.29, 1.82) is 0 Å². The van der Waals surface area contributed by atoms with Crippen LogP contribution >= 0.6 is 0 Å². The molecule has 6 nitrogen and oxygen atoms in total. The first kappa shape index (κ1) is 12.2. The molecule has 0 fully saturated rings. The van der Waals surface area contributed by atoms with Gasteiger partial charge in [0.2, 0.25) is 5.91 Å². The largest absolute Gasteiger partial charge is 0.469 e. The molecule has 1 N–H and O–H groups in total. The van der Waals surface area contributed by atoms with Gasteiger partial charge in [0.05, 0.1) is 20.1 Å². The average molecular weight is 225 g/mol. The smallest absolute Gasteiger partial charge is 0.306 e. The number of ether oxygens (including phenoxy) is 1. The van der Waals surface area contributed by atoms with Gasteiger partial charge < -0.3 is 10.1 Å². The molecule has 0 unspecified atom stereocenters. The van der Waals surface area contributed by atoms with Gasteiger partial charge in [-0.25, -0.2) is 0 Å². The second-order valence-electron chi connectivity index (χ2n) is 3.20. The minimum atomic E-state index is -0.373. The van der Waals surface area contributed by atoms with Crippen molar-refractivity contribution in [2.24, 2.45) is 0 Å². The Balaban J connectivity index is 2.09. The number of amides is 1. The predicted molar refractivity (Wildman–Crippen MR) is 56.5 cm³/mol. The molecule has 1 aromatic heterocycles. The summed E-state index contributed by atoms with van der Waals surface area (Å²) in [5.41, 5.74) is 0. The Morgan fingerprint density at radius 2 is 2.25 bits per heavy atom. The number of nitrogens with one attached hydrogen (secondary N) is 1. The summed E-state index contributed by atoms with van der Waals surface area (Å²) in [6, 6.07) is 1.82. The minimum absolute atomic E-state index is 0.115. The summed E-state index contributed by atoms with van der Waals surface area (Å²) < 4.78 is 6.15. The molecule has 1 heterocycles. The van der Waals surface area contributed by atoms with Crippen LogP contribution in [0.2, 0.25) is 0 Å². The number of esters is 1. The van der Waals surface area contributed by atoms with Gasteiger partial charge in [0.15, 0.2) is 0 Å². The number of methoxy groups -OCH3 is 1. The molecule has 6 heteroatoms. The fourth-order valence-electron chi connectivity index (χ4n) is 1.15. The van der Waals surface area contributed by atoms with Gasteiger partial charge in [-0.3, -0.25) is 14.3 Å². The van der Waals surface area contributed by atoms with Crippen molar-refractivity contribution >= 4 is 11.9 Å². The molecule has 88 valence electrons. The highest BCUT2D eigenvalue weighted by molar-refractivity contribution is 5.81. The number of hydrogen-bond acceptors (Lipinski definition) is 4. The van der Waals surface area contributed by atoms with Crippen LogP contribution in [0.3, 0.4) is 0 Å². The highest BCUT2D eigenvalue weighted by Crippen LogP contribution is 1.91. The molecule has 0 aliphatic carbocycles. The second kappa shape index (κ2) is 6.60. The zero-order chi connectivity index (χ0) is 11.8. The number of rotatable bonds is 6. The number of aromatic nitrogens is 2. The van der Waals surface area contributed by atoms with Crippen molar-refractivity contribution in [3.05, 3.63) is 18.5 Å². The molecule has 0 saturated carbocycles. The van der Waals surface area contributed by atoms with Gasteiger partial charge in [0, 0.05) is 25.4 Å². The van der Waals surface area contributed by atoms with Crippen LogP contribution in [-0.4, -0.2) is 35.3 Å². The third-order valence-electron chi connectivity index (χ3n) is 2.01. The molecule has 1 amide bonds. The monoisotopic (exact) mass is 225 g/mol. The van der Waals surface area contributed by atoms with Crippen molar-refractivity contribution in [2.45, 2.75) is 19.4 Å². The van der Waals surface area contributed by atoms with Gasteiger partial charge in [-0.15, -0.1) is 0 Å². The van der Waals surface area contributed by atoms with E-state index in [1.807, 2.05) is 12.3 Å². The highest BCUT2D eigenvalue weighted by atomic mass is 16.5. The van der Waals surface area contributed by atoms with Crippen molar-refractivity contribution < 1.29 is 14.3 Å². The lowest BCUT2D eigenvalue weighted by Crippen LogP contribution is -2.27. The Bertz CT molecular complexity index is 335. The van der Waals surface area contributed by atoms with Crippen LogP contribution in [0.15, 0.2) is 18.5 Å². The van der Waals surface area contributed by atoms with Crippen LogP contribution in [-0.2, 0) is 20.9 Å². The quantitative estimate of drug-likeness (QED) is 0.689. The summed E-state index contributed by atoms with van der Waals surface area (Å²) in [6.45, 7) is 1.12. The van der Waals surface area contributed by atoms with E-state index in [0.717, 1.165) is 0 Å². The van der Waals surface area contributed by atoms with E-state index in [2.05, 4.69) is 15.2 Å². The van der Waals surface area contributed by atoms with E-state index in [4.69, 9.17) is 0 Å². The Hall–Kier alpha value is -1.85. The zero-order valence-electron chi connectivity index (χ0n) is 9.18. The van der Waals surface area contributed by atoms with Crippen LogP contribution in [0, 0.1) is 0 Å². The van der Waals surface area contributed by atoms with Crippen LogP contribution in [0.25, 0.3) is 0 Å². The predicted octanol–water partition coefficient (Wildman–Crippen LogP) is -0.0475. The van der Waals surface area contributed by atoms with E-state index in [1.54, 1.807) is 10.9 Å². The first-order valence-corrected chi connectivity index (χ1v) is 5.03. The summed E-state index contributed by atoms with van der Waals surface area (Å²) in [4.78, 5) is 22.0. The summed E-state index contributed by atoms with van der Waals surface area (Å²) in [6.07, 6.45) is 3.77. The number of carbonyl (C=O) groups is 2. The molecule has 16 heavy (non-hydrogen) atoms. The lowest BCUT2D eigenvalue weighted by molar-refractivity contribution is -0.142. The third-order valence-corrected chi connectivity index (χ3v) is 2.01. The van der Waals surface area contributed by atoms with Gasteiger partial charge in [-0.2, -0.15) is 5.10 Å². The third kappa shape index (κ3) is 4.59. The molecular formula is C10H15N3O3. The van der Waals surface area contributed by atoms with Crippen LogP contribution in [0.1, 0.15) is 12.8 Å². The van der Waals surface area contributed by atoms with Gasteiger partial charge >= 0.3 is 5.97 Å². The topological polar surface area (TPSA) is 73.2 Å². The number of hydrogen-bond donors (Lipinski definition) is 1.